The summed E-state index contributed by atoms with van der Waals surface area (Å²) in [6.07, 6.45) is 0. The zero-order chi connectivity index (χ0) is 12.7. The summed E-state index contributed by atoms with van der Waals surface area (Å²) in [6, 6.07) is 4.05. The molecule has 0 saturated heterocycles. The number of nitrogens with zero attached hydrogens (tertiary/aromatic N) is 1. The Bertz CT molecular complexity index is 441. The number of aromatic nitrogens is 1. The van der Waals surface area contributed by atoms with E-state index in [4.69, 9.17) is 0 Å². The molecule has 90 valence electrons. The Morgan fingerprint density at radius 1 is 0.938 bits per heavy atom. The summed E-state index contributed by atoms with van der Waals surface area (Å²) in [6.45, 7) is 12.6. The summed E-state index contributed by atoms with van der Waals surface area (Å²) in [5.74, 6) is 0. The molecule has 1 aromatic rings. The lowest BCUT2D eigenvalue weighted by Gasteiger charge is -2.25. The van der Waals surface area contributed by atoms with Crippen LogP contribution < -0.4 is 5.56 Å². The predicted molar refractivity (Wildman–Crippen MR) is 69.1 cm³/mol. The Balaban J connectivity index is 3.48. The largest absolute Gasteiger partial charge is 0.315 e. The minimum Gasteiger partial charge on any atom is -0.315 e. The molecule has 16 heavy (non-hydrogen) atoms. The van der Waals surface area contributed by atoms with E-state index < -0.39 is 0 Å². The van der Waals surface area contributed by atoms with Crippen molar-refractivity contribution in [1.82, 2.24) is 4.57 Å². The molecule has 0 aliphatic carbocycles. The second kappa shape index (κ2) is 3.76. The molecule has 0 aromatic carbocycles. The maximum atomic E-state index is 12.2. The topological polar surface area (TPSA) is 22.0 Å². The average Bonchev–Trinajstić information content (AvgIpc) is 2.05. The molecule has 1 heterocycles. The van der Waals surface area contributed by atoms with Gasteiger partial charge < -0.3 is 4.57 Å². The van der Waals surface area contributed by atoms with Gasteiger partial charge in [0.2, 0.25) is 0 Å². The van der Waals surface area contributed by atoms with Crippen molar-refractivity contribution in [2.75, 3.05) is 0 Å². The van der Waals surface area contributed by atoms with Gasteiger partial charge in [-0.15, -0.1) is 0 Å². The molecule has 0 spiro atoms. The van der Waals surface area contributed by atoms with E-state index in [1.54, 1.807) is 4.57 Å². The van der Waals surface area contributed by atoms with Crippen LogP contribution in [-0.2, 0) is 17.9 Å². The predicted octanol–water partition coefficient (Wildman–Crippen LogP) is 2.98. The Morgan fingerprint density at radius 2 is 1.44 bits per heavy atom. The van der Waals surface area contributed by atoms with Crippen LogP contribution in [0.15, 0.2) is 16.9 Å². The lowest BCUT2D eigenvalue weighted by atomic mass is 9.85. The fourth-order valence-corrected chi connectivity index (χ4v) is 1.96. The third kappa shape index (κ3) is 2.37. The molecule has 0 aliphatic heterocycles. The highest BCUT2D eigenvalue weighted by molar-refractivity contribution is 5.25. The zero-order valence-electron chi connectivity index (χ0n) is 11.5. The Kier molecular flexibility index (Phi) is 3.06. The highest BCUT2D eigenvalue weighted by atomic mass is 16.1. The summed E-state index contributed by atoms with van der Waals surface area (Å²) >= 11 is 0. The van der Waals surface area contributed by atoms with Gasteiger partial charge in [-0.1, -0.05) is 47.6 Å². The molecule has 0 fully saturated rings. The first-order valence-electron chi connectivity index (χ1n) is 5.76. The van der Waals surface area contributed by atoms with E-state index in [2.05, 4.69) is 47.6 Å². The maximum Gasteiger partial charge on any atom is 0.254 e. The van der Waals surface area contributed by atoms with Gasteiger partial charge in [0, 0.05) is 23.7 Å². The molecule has 0 N–H and O–H groups in total. The molecular formula is C14H23NO. The van der Waals surface area contributed by atoms with Crippen LogP contribution in [0.5, 0.6) is 0 Å². The molecule has 2 nitrogen and oxygen atoms in total. The average molecular weight is 221 g/mol. The van der Waals surface area contributed by atoms with Gasteiger partial charge >= 0.3 is 0 Å². The third-order valence-electron chi connectivity index (χ3n) is 2.88. The Morgan fingerprint density at radius 3 is 1.81 bits per heavy atom. The summed E-state index contributed by atoms with van der Waals surface area (Å²) < 4.78 is 1.78. The lowest BCUT2D eigenvalue weighted by molar-refractivity contribution is 0.515. The smallest absolute Gasteiger partial charge is 0.254 e. The van der Waals surface area contributed by atoms with Gasteiger partial charge in [0.15, 0.2) is 0 Å². The van der Waals surface area contributed by atoms with Gasteiger partial charge in [-0.25, -0.2) is 0 Å². The fraction of sp³-hybridized carbons (Fsp3) is 0.643. The highest BCUT2D eigenvalue weighted by Gasteiger charge is 2.22. The molecule has 0 aliphatic rings. The van der Waals surface area contributed by atoms with Crippen molar-refractivity contribution in [1.29, 1.82) is 0 Å². The zero-order valence-corrected chi connectivity index (χ0v) is 11.5. The lowest BCUT2D eigenvalue weighted by Crippen LogP contribution is -2.33. The van der Waals surface area contributed by atoms with E-state index in [1.165, 1.54) is 0 Å². The number of hydrogen-bond acceptors (Lipinski definition) is 1. The van der Waals surface area contributed by atoms with Crippen LogP contribution >= 0.6 is 0 Å². The minimum absolute atomic E-state index is 0.00429. The van der Waals surface area contributed by atoms with Gasteiger partial charge in [-0.05, 0) is 11.5 Å². The van der Waals surface area contributed by atoms with Crippen LogP contribution in [0.25, 0.3) is 0 Å². The number of pyridine rings is 1. The van der Waals surface area contributed by atoms with Crippen molar-refractivity contribution < 1.29 is 0 Å². The van der Waals surface area contributed by atoms with Crippen LogP contribution in [0.4, 0.5) is 0 Å². The molecule has 0 atom stereocenters. The summed E-state index contributed by atoms with van der Waals surface area (Å²) in [5.41, 5.74) is 1.99. The molecule has 2 heteroatoms. The quantitative estimate of drug-likeness (QED) is 0.660. The van der Waals surface area contributed by atoms with E-state index in [9.17, 15) is 4.79 Å². The first kappa shape index (κ1) is 13.0. The molecule has 0 amide bonds. The van der Waals surface area contributed by atoms with Crippen molar-refractivity contribution >= 4 is 0 Å². The van der Waals surface area contributed by atoms with Crippen LogP contribution in [-0.4, -0.2) is 4.57 Å². The second-order valence-corrected chi connectivity index (χ2v) is 6.50. The van der Waals surface area contributed by atoms with E-state index in [0.717, 1.165) is 11.3 Å². The summed E-state index contributed by atoms with van der Waals surface area (Å²) in [5, 5.41) is 0. The van der Waals surface area contributed by atoms with Crippen LogP contribution in [0.3, 0.4) is 0 Å². The Hall–Kier alpha value is -1.05. The van der Waals surface area contributed by atoms with Crippen LogP contribution in [0.1, 0.15) is 52.8 Å². The molecule has 1 aromatic heterocycles. The van der Waals surface area contributed by atoms with Crippen molar-refractivity contribution in [3.8, 4) is 0 Å². The van der Waals surface area contributed by atoms with Gasteiger partial charge in [-0.3, -0.25) is 4.79 Å². The van der Waals surface area contributed by atoms with Crippen molar-refractivity contribution in [3.05, 3.63) is 33.7 Å². The van der Waals surface area contributed by atoms with Crippen molar-refractivity contribution in [3.63, 3.8) is 0 Å². The molecular weight excluding hydrogens is 198 g/mol. The fourth-order valence-electron chi connectivity index (χ4n) is 1.96. The van der Waals surface area contributed by atoms with Crippen molar-refractivity contribution in [2.24, 2.45) is 7.05 Å². The van der Waals surface area contributed by atoms with Crippen LogP contribution in [0, 0.1) is 0 Å². The SMILES string of the molecule is Cn1c(C(C)(C)C)ccc(C(C)(C)C)c1=O. The molecule has 0 bridgehead atoms. The van der Waals surface area contributed by atoms with Gasteiger partial charge in [0.05, 0.1) is 0 Å². The van der Waals surface area contributed by atoms with E-state index >= 15 is 0 Å². The minimum atomic E-state index is -0.0920. The first-order valence-corrected chi connectivity index (χ1v) is 5.76. The van der Waals surface area contributed by atoms with E-state index in [-0.39, 0.29) is 16.4 Å². The molecule has 0 saturated carbocycles. The van der Waals surface area contributed by atoms with Crippen LogP contribution in [0.2, 0.25) is 0 Å². The van der Waals surface area contributed by atoms with E-state index in [0.29, 0.717) is 0 Å². The molecule has 0 unspecified atom stereocenters. The first-order chi connectivity index (χ1) is 7.05. The number of rotatable bonds is 0. The normalized spacial score (nSPS) is 12.9. The molecule has 1 rings (SSSR count). The summed E-state index contributed by atoms with van der Waals surface area (Å²) in [7, 11) is 1.86. The van der Waals surface area contributed by atoms with Gasteiger partial charge in [-0.2, -0.15) is 0 Å². The van der Waals surface area contributed by atoms with Gasteiger partial charge in [0.25, 0.3) is 5.56 Å². The van der Waals surface area contributed by atoms with Gasteiger partial charge in [0.1, 0.15) is 0 Å². The summed E-state index contributed by atoms with van der Waals surface area (Å²) in [4.78, 5) is 12.2. The second-order valence-electron chi connectivity index (χ2n) is 6.50. The van der Waals surface area contributed by atoms with Crippen molar-refractivity contribution in [2.45, 2.75) is 52.4 Å². The third-order valence-corrected chi connectivity index (χ3v) is 2.88. The Labute approximate surface area is 98.3 Å². The molecule has 0 radical (unpaired) electrons. The monoisotopic (exact) mass is 221 g/mol. The maximum absolute atomic E-state index is 12.2. The number of hydrogen-bond donors (Lipinski definition) is 0. The standard InChI is InChI=1S/C14H23NO/c1-13(2,3)10-8-9-11(14(4,5)6)15(7)12(10)16/h8-9H,1-7H3. The highest BCUT2D eigenvalue weighted by Crippen LogP contribution is 2.23. The van der Waals surface area contributed by atoms with E-state index in [1.807, 2.05) is 13.1 Å².